The van der Waals surface area contributed by atoms with Crippen LogP contribution in [0.15, 0.2) is 76.7 Å². The standard InChI is InChI=1S/C49H67N3O10/c1-26-20-36-42(51-19-9-11-31-24-37-35-15-13-30-23-32(53)14-16-33(30)34(35)17-18-49(37,5)46(31)57)39(54)25-38(44(36)56)52-47(58)27(2)10-8-12-40(60-6)45(62-48(50)59)29(4)22-28(3)43(55)41(21-26)61-7/h8,10,12,14,16,22-23,25-26,28,31,34-35,37,40-41,43,45-46,51,53,55,57H,9,11,13,15,17-21,24H2,1-7H3,(H2,50,59)(H,52,58)/b12-8-,27-10+,29-22+/t26-,28+,31+,34+,35+,37-,40+,41+,43-,45+,46-,49-/m0/s1. The molecule has 338 valence electrons. The van der Waals surface area contributed by atoms with Gasteiger partial charge in [-0.1, -0.05) is 51.1 Å². The molecule has 2 fully saturated rings. The number of aliphatic hydroxyl groups is 2. The molecule has 0 unspecified atom stereocenters. The van der Waals surface area contributed by atoms with Gasteiger partial charge in [-0.2, -0.15) is 0 Å². The fourth-order valence-electron chi connectivity index (χ4n) is 11.4. The van der Waals surface area contributed by atoms with Crippen LogP contribution in [0.25, 0.3) is 0 Å². The Hall–Kier alpha value is -4.56. The molecule has 2 bridgehead atoms. The normalized spacial score (nSPS) is 36.8. The number of nitrogens with two attached hydrogens (primary N) is 1. The van der Waals surface area contributed by atoms with Crippen LogP contribution in [0.4, 0.5) is 4.79 Å². The largest absolute Gasteiger partial charge is 0.508 e. The molecule has 4 aliphatic carbocycles. The fraction of sp³-hybridized carbons (Fsp3) is 0.592. The van der Waals surface area contributed by atoms with Crippen LogP contribution in [0.3, 0.4) is 0 Å². The quantitative estimate of drug-likeness (QED) is 0.102. The van der Waals surface area contributed by atoms with E-state index in [4.69, 9.17) is 19.9 Å². The molecule has 1 heterocycles. The highest BCUT2D eigenvalue weighted by molar-refractivity contribution is 6.23. The number of benzene rings is 1. The van der Waals surface area contributed by atoms with Crippen molar-refractivity contribution in [2.24, 2.45) is 40.7 Å². The maximum absolute atomic E-state index is 14.2. The van der Waals surface area contributed by atoms with Gasteiger partial charge >= 0.3 is 6.09 Å². The summed E-state index contributed by atoms with van der Waals surface area (Å²) in [6, 6.07) is 5.81. The van der Waals surface area contributed by atoms with Crippen LogP contribution < -0.4 is 16.4 Å². The van der Waals surface area contributed by atoms with Crippen LogP contribution in [-0.2, 0) is 35.0 Å². The van der Waals surface area contributed by atoms with E-state index in [1.807, 2.05) is 19.9 Å². The van der Waals surface area contributed by atoms with E-state index >= 15 is 0 Å². The van der Waals surface area contributed by atoms with Crippen molar-refractivity contribution in [1.82, 2.24) is 10.6 Å². The lowest BCUT2D eigenvalue weighted by atomic mass is 9.55. The van der Waals surface area contributed by atoms with Crippen LogP contribution >= 0.6 is 0 Å². The minimum absolute atomic E-state index is 0.113. The second kappa shape index (κ2) is 19.9. The number of Topliss-reactive ketones (excluding diaryl/α,β-unsaturated/α-hetero) is 1. The molecule has 12 atom stereocenters. The molecule has 1 aromatic rings. The summed E-state index contributed by atoms with van der Waals surface area (Å²) >= 11 is 0. The molecule has 1 aliphatic heterocycles. The van der Waals surface area contributed by atoms with Crippen molar-refractivity contribution in [1.29, 1.82) is 0 Å². The van der Waals surface area contributed by atoms with Gasteiger partial charge in [-0.05, 0) is 135 Å². The zero-order valence-electron chi connectivity index (χ0n) is 37.3. The average molecular weight is 858 g/mol. The fourth-order valence-corrected chi connectivity index (χ4v) is 11.4. The summed E-state index contributed by atoms with van der Waals surface area (Å²) in [5.74, 6) is -0.435. The predicted octanol–water partition coefficient (Wildman–Crippen LogP) is 5.98. The number of carbonyl (C=O) groups is 4. The highest BCUT2D eigenvalue weighted by atomic mass is 16.6. The van der Waals surface area contributed by atoms with Gasteiger partial charge in [0.25, 0.3) is 5.91 Å². The number of phenols is 1. The summed E-state index contributed by atoms with van der Waals surface area (Å²) in [6.45, 7) is 9.73. The maximum atomic E-state index is 14.2. The van der Waals surface area contributed by atoms with Crippen LogP contribution in [0.2, 0.25) is 0 Å². The number of hydrogen-bond acceptors (Lipinski definition) is 11. The van der Waals surface area contributed by atoms with Crippen molar-refractivity contribution in [3.8, 4) is 5.75 Å². The third-order valence-corrected chi connectivity index (χ3v) is 14.7. The Bertz CT molecular complexity index is 2040. The molecular formula is C49H67N3O10. The summed E-state index contributed by atoms with van der Waals surface area (Å²) in [5, 5.41) is 39.4. The molecule has 13 nitrogen and oxygen atoms in total. The van der Waals surface area contributed by atoms with E-state index in [0.717, 1.165) is 38.5 Å². The van der Waals surface area contributed by atoms with Gasteiger partial charge in [0.05, 0.1) is 29.7 Å². The second-order valence-electron chi connectivity index (χ2n) is 18.8. The van der Waals surface area contributed by atoms with E-state index in [9.17, 15) is 34.5 Å². The molecule has 13 heteroatoms. The van der Waals surface area contributed by atoms with Gasteiger partial charge in [-0.25, -0.2) is 4.79 Å². The summed E-state index contributed by atoms with van der Waals surface area (Å²) < 4.78 is 16.9. The Kier molecular flexibility index (Phi) is 15.0. The summed E-state index contributed by atoms with van der Waals surface area (Å²) in [5.41, 5.74) is 9.00. The molecule has 62 heavy (non-hydrogen) atoms. The van der Waals surface area contributed by atoms with Crippen molar-refractivity contribution in [3.63, 3.8) is 0 Å². The van der Waals surface area contributed by atoms with E-state index in [-0.39, 0.29) is 46.2 Å². The number of nitrogens with one attached hydrogen (secondary N) is 2. The Morgan fingerprint density at radius 3 is 2.53 bits per heavy atom. The van der Waals surface area contributed by atoms with E-state index in [0.29, 0.717) is 48.5 Å². The first kappa shape index (κ1) is 46.9. The number of ketones is 2. The summed E-state index contributed by atoms with van der Waals surface area (Å²) in [6.07, 6.45) is 9.66. The minimum atomic E-state index is -1.01. The molecule has 0 spiro atoms. The first-order chi connectivity index (χ1) is 29.5. The number of fused-ring (bicyclic) bond motifs is 7. The van der Waals surface area contributed by atoms with E-state index < -0.39 is 60.0 Å². The molecule has 0 saturated heterocycles. The van der Waals surface area contributed by atoms with Crippen LogP contribution in [-0.4, -0.2) is 90.2 Å². The van der Waals surface area contributed by atoms with Crippen molar-refractivity contribution in [2.45, 2.75) is 129 Å². The molecule has 0 radical (unpaired) electrons. The zero-order chi connectivity index (χ0) is 45.0. The van der Waals surface area contributed by atoms with Gasteiger partial charge in [-0.15, -0.1) is 0 Å². The zero-order valence-corrected chi connectivity index (χ0v) is 37.3. The number of phenolic OH excluding ortho intramolecular Hbond substituents is 1. The number of amides is 2. The second-order valence-corrected chi connectivity index (χ2v) is 18.8. The van der Waals surface area contributed by atoms with Crippen LogP contribution in [0.1, 0.15) is 103 Å². The van der Waals surface area contributed by atoms with Crippen molar-refractivity contribution in [3.05, 3.63) is 87.8 Å². The van der Waals surface area contributed by atoms with Crippen molar-refractivity contribution in [2.75, 3.05) is 20.8 Å². The first-order valence-corrected chi connectivity index (χ1v) is 22.3. The van der Waals surface area contributed by atoms with E-state index in [1.54, 1.807) is 38.1 Å². The predicted molar refractivity (Wildman–Crippen MR) is 234 cm³/mol. The molecule has 2 saturated carbocycles. The van der Waals surface area contributed by atoms with Gasteiger partial charge < -0.3 is 45.9 Å². The third kappa shape index (κ3) is 9.96. The number of methoxy groups -OCH3 is 2. The van der Waals surface area contributed by atoms with Crippen molar-refractivity contribution < 1.29 is 48.7 Å². The van der Waals surface area contributed by atoms with E-state index in [1.165, 1.54) is 37.5 Å². The van der Waals surface area contributed by atoms with Crippen molar-refractivity contribution >= 4 is 23.6 Å². The number of rotatable bonds is 8. The monoisotopic (exact) mass is 857 g/mol. The summed E-state index contributed by atoms with van der Waals surface area (Å²) in [4.78, 5) is 53.4. The number of ether oxygens (including phenoxy) is 3. The minimum Gasteiger partial charge on any atom is -0.508 e. The molecular weight excluding hydrogens is 791 g/mol. The lowest BCUT2D eigenvalue weighted by Crippen LogP contribution is -2.44. The SMILES string of the molecule is CO[C@@H]1/C=C\C=C(/C)C(=O)NC2=CC(=O)C(NCCC[C@@H]3C[C@H]4[C@@H]5CCc6cc(O)ccc6[C@H]5CC[C@]4(C)[C@H]3O)=C(C[C@H](C)C[C@@H](OC)[C@@H](O)[C@H](C)/C=C(\C)[C@H]1OC(N)=O)C2=O. The number of aryl methyl sites for hydroxylation is 1. The Morgan fingerprint density at radius 1 is 1.06 bits per heavy atom. The lowest BCUT2D eigenvalue weighted by Gasteiger charge is -2.50. The molecule has 6 rings (SSSR count). The molecule has 1 aromatic carbocycles. The Labute approximate surface area is 365 Å². The molecule has 7 N–H and O–H groups in total. The maximum Gasteiger partial charge on any atom is 0.405 e. The Morgan fingerprint density at radius 2 is 1.82 bits per heavy atom. The number of allylic oxidation sites excluding steroid dienone is 4. The lowest BCUT2D eigenvalue weighted by molar-refractivity contribution is -0.120. The number of aliphatic hydroxyl groups excluding tert-OH is 2. The Balaban J connectivity index is 1.19. The highest BCUT2D eigenvalue weighted by Crippen LogP contribution is 2.62. The molecule has 2 amide bonds. The molecule has 0 aromatic heterocycles. The van der Waals surface area contributed by atoms with E-state index in [2.05, 4.69) is 23.6 Å². The van der Waals surface area contributed by atoms with Crippen LogP contribution in [0.5, 0.6) is 5.75 Å². The number of aromatic hydroxyl groups is 1. The summed E-state index contributed by atoms with van der Waals surface area (Å²) in [7, 11) is 2.95. The third-order valence-electron chi connectivity index (χ3n) is 14.7. The topological polar surface area (TPSA) is 207 Å². The van der Waals surface area contributed by atoms with Gasteiger partial charge in [-0.3, -0.25) is 14.4 Å². The van der Waals surface area contributed by atoms with Gasteiger partial charge in [0.2, 0.25) is 11.6 Å². The van der Waals surface area contributed by atoms with Gasteiger partial charge in [0.15, 0.2) is 6.10 Å². The van der Waals surface area contributed by atoms with Gasteiger partial charge in [0.1, 0.15) is 11.9 Å². The first-order valence-electron chi connectivity index (χ1n) is 22.3. The van der Waals surface area contributed by atoms with Crippen LogP contribution in [0, 0.1) is 35.0 Å². The number of primary amides is 1. The van der Waals surface area contributed by atoms with Gasteiger partial charge in [0, 0.05) is 43.9 Å². The molecule has 5 aliphatic rings. The highest BCUT2D eigenvalue weighted by Gasteiger charge is 2.57. The number of carbonyl (C=O) groups excluding carboxylic acids is 4. The smallest absolute Gasteiger partial charge is 0.405 e. The number of hydrogen-bond donors (Lipinski definition) is 6. The average Bonchev–Trinajstić information content (AvgIpc) is 3.49.